The number of sulfonamides is 1. The normalized spacial score (nSPS) is 17.2. The summed E-state index contributed by atoms with van der Waals surface area (Å²) in [6, 6.07) is 15.0. The van der Waals surface area contributed by atoms with Crippen LogP contribution in [0.4, 0.5) is 0 Å². The minimum absolute atomic E-state index is 0.306. The van der Waals surface area contributed by atoms with Gasteiger partial charge in [0.05, 0.1) is 24.2 Å². The lowest BCUT2D eigenvalue weighted by molar-refractivity contribution is 0.0345. The fourth-order valence-electron chi connectivity index (χ4n) is 3.19. The standard InChI is InChI=1S/C20H26N2O3S/c1-16-8-9-17(2)20(14-16)26(23,24)21-19(18-6-4-3-5-7-18)15-22-10-12-25-13-11-22/h3-9,14,19,21H,10-13,15H2,1-2H3/t19-/m0/s1. The highest BCUT2D eigenvalue weighted by Crippen LogP contribution is 2.22. The predicted octanol–water partition coefficient (Wildman–Crippen LogP) is 2.66. The molecule has 1 saturated heterocycles. The largest absolute Gasteiger partial charge is 0.379 e. The molecule has 0 aromatic heterocycles. The fourth-order valence-corrected chi connectivity index (χ4v) is 4.73. The van der Waals surface area contributed by atoms with E-state index in [1.165, 1.54) is 0 Å². The van der Waals surface area contributed by atoms with Gasteiger partial charge >= 0.3 is 0 Å². The molecule has 2 aromatic rings. The Labute approximate surface area is 156 Å². The second kappa shape index (κ2) is 8.31. The van der Waals surface area contributed by atoms with Gasteiger partial charge in [-0.15, -0.1) is 0 Å². The summed E-state index contributed by atoms with van der Waals surface area (Å²) >= 11 is 0. The third kappa shape index (κ3) is 4.71. The topological polar surface area (TPSA) is 58.6 Å². The van der Waals surface area contributed by atoms with Gasteiger partial charge in [0.2, 0.25) is 10.0 Å². The second-order valence-corrected chi connectivity index (χ2v) is 8.45. The van der Waals surface area contributed by atoms with Crippen LogP contribution in [-0.4, -0.2) is 46.2 Å². The van der Waals surface area contributed by atoms with Gasteiger partial charge in [-0.1, -0.05) is 42.5 Å². The lowest BCUT2D eigenvalue weighted by atomic mass is 10.1. The van der Waals surface area contributed by atoms with Gasteiger partial charge in [0.25, 0.3) is 0 Å². The zero-order valence-corrected chi connectivity index (χ0v) is 16.1. The molecule has 0 saturated carbocycles. The van der Waals surface area contributed by atoms with Crippen molar-refractivity contribution in [3.05, 3.63) is 65.2 Å². The van der Waals surface area contributed by atoms with Gasteiger partial charge in [-0.25, -0.2) is 13.1 Å². The summed E-state index contributed by atoms with van der Waals surface area (Å²) in [6.45, 7) is 7.35. The molecule has 26 heavy (non-hydrogen) atoms. The Morgan fingerprint density at radius 3 is 2.46 bits per heavy atom. The molecule has 1 fully saturated rings. The first kappa shape index (κ1) is 19.0. The van der Waals surface area contributed by atoms with Crippen LogP contribution < -0.4 is 4.72 Å². The minimum Gasteiger partial charge on any atom is -0.379 e. The molecular formula is C20H26N2O3S. The number of aryl methyl sites for hydroxylation is 2. The first-order valence-corrected chi connectivity index (χ1v) is 10.4. The SMILES string of the molecule is Cc1ccc(C)c(S(=O)(=O)N[C@@H](CN2CCOCC2)c2ccccc2)c1. The molecule has 1 aliphatic rings. The Kier molecular flexibility index (Phi) is 6.09. The van der Waals surface area contributed by atoms with Crippen LogP contribution >= 0.6 is 0 Å². The molecule has 0 bridgehead atoms. The van der Waals surface area contributed by atoms with E-state index in [4.69, 9.17) is 4.74 Å². The molecule has 0 radical (unpaired) electrons. The third-order valence-corrected chi connectivity index (χ3v) is 6.29. The van der Waals surface area contributed by atoms with Gasteiger partial charge in [0.1, 0.15) is 0 Å². The average Bonchev–Trinajstić information content (AvgIpc) is 2.64. The highest BCUT2D eigenvalue weighted by Gasteiger charge is 2.25. The number of hydrogen-bond acceptors (Lipinski definition) is 4. The highest BCUT2D eigenvalue weighted by molar-refractivity contribution is 7.89. The number of hydrogen-bond donors (Lipinski definition) is 1. The molecule has 6 heteroatoms. The van der Waals surface area contributed by atoms with Crippen molar-refractivity contribution in [3.8, 4) is 0 Å². The highest BCUT2D eigenvalue weighted by atomic mass is 32.2. The Hall–Kier alpha value is -1.73. The smallest absolute Gasteiger partial charge is 0.241 e. The van der Waals surface area contributed by atoms with E-state index in [9.17, 15) is 8.42 Å². The maximum absolute atomic E-state index is 13.1. The number of morpholine rings is 1. The van der Waals surface area contributed by atoms with E-state index in [2.05, 4.69) is 9.62 Å². The molecule has 3 rings (SSSR count). The van der Waals surface area contributed by atoms with Crippen molar-refractivity contribution >= 4 is 10.0 Å². The van der Waals surface area contributed by atoms with Gasteiger partial charge < -0.3 is 4.74 Å². The molecule has 1 heterocycles. The van der Waals surface area contributed by atoms with Crippen molar-refractivity contribution < 1.29 is 13.2 Å². The van der Waals surface area contributed by atoms with Crippen molar-refractivity contribution in [1.82, 2.24) is 9.62 Å². The molecule has 0 aliphatic carbocycles. The molecular weight excluding hydrogens is 348 g/mol. The lowest BCUT2D eigenvalue weighted by Gasteiger charge is -2.31. The summed E-state index contributed by atoms with van der Waals surface area (Å²) in [4.78, 5) is 2.59. The van der Waals surface area contributed by atoms with Gasteiger partial charge in [-0.3, -0.25) is 4.90 Å². The predicted molar refractivity (Wildman–Crippen MR) is 103 cm³/mol. The first-order valence-electron chi connectivity index (χ1n) is 8.90. The summed E-state index contributed by atoms with van der Waals surface area (Å²) in [5, 5.41) is 0. The molecule has 140 valence electrons. The maximum Gasteiger partial charge on any atom is 0.241 e. The van der Waals surface area contributed by atoms with Crippen molar-refractivity contribution in [1.29, 1.82) is 0 Å². The summed E-state index contributed by atoms with van der Waals surface area (Å²) in [5.41, 5.74) is 2.65. The van der Waals surface area contributed by atoms with E-state index in [0.717, 1.165) is 29.8 Å². The van der Waals surface area contributed by atoms with Crippen LogP contribution in [0.3, 0.4) is 0 Å². The van der Waals surface area contributed by atoms with E-state index in [1.807, 2.05) is 56.3 Å². The minimum atomic E-state index is -3.62. The number of nitrogens with zero attached hydrogens (tertiary/aromatic N) is 1. The Bertz CT molecular complexity index is 831. The van der Waals surface area contributed by atoms with Gasteiger partial charge in [0.15, 0.2) is 0 Å². The summed E-state index contributed by atoms with van der Waals surface area (Å²) in [5.74, 6) is 0. The van der Waals surface area contributed by atoms with Crippen LogP contribution in [-0.2, 0) is 14.8 Å². The molecule has 1 aliphatic heterocycles. The third-order valence-electron chi connectivity index (χ3n) is 4.68. The fraction of sp³-hybridized carbons (Fsp3) is 0.400. The summed E-state index contributed by atoms with van der Waals surface area (Å²) < 4.78 is 34.5. The van der Waals surface area contributed by atoms with Crippen LogP contribution in [0.25, 0.3) is 0 Å². The number of benzene rings is 2. The van der Waals surface area contributed by atoms with Crippen molar-refractivity contribution in [2.45, 2.75) is 24.8 Å². The molecule has 5 nitrogen and oxygen atoms in total. The van der Waals surface area contributed by atoms with Crippen LogP contribution in [0.5, 0.6) is 0 Å². The maximum atomic E-state index is 13.1. The molecule has 2 aromatic carbocycles. The van der Waals surface area contributed by atoms with E-state index in [-0.39, 0.29) is 6.04 Å². The monoisotopic (exact) mass is 374 g/mol. The molecule has 0 amide bonds. The zero-order chi connectivity index (χ0) is 18.6. The van der Waals surface area contributed by atoms with Crippen LogP contribution in [0.1, 0.15) is 22.7 Å². The van der Waals surface area contributed by atoms with Gasteiger partial charge in [0, 0.05) is 19.6 Å². The lowest BCUT2D eigenvalue weighted by Crippen LogP contribution is -2.43. The van der Waals surface area contributed by atoms with Crippen molar-refractivity contribution in [3.63, 3.8) is 0 Å². The summed E-state index contributed by atoms with van der Waals surface area (Å²) in [6.07, 6.45) is 0. The van der Waals surface area contributed by atoms with E-state index >= 15 is 0 Å². The Morgan fingerprint density at radius 1 is 1.08 bits per heavy atom. The Morgan fingerprint density at radius 2 is 1.77 bits per heavy atom. The van der Waals surface area contributed by atoms with Gasteiger partial charge in [-0.05, 0) is 36.6 Å². The molecule has 1 atom stereocenters. The van der Waals surface area contributed by atoms with E-state index in [1.54, 1.807) is 6.07 Å². The molecule has 1 N–H and O–H groups in total. The van der Waals surface area contributed by atoms with Crippen LogP contribution in [0.15, 0.2) is 53.4 Å². The van der Waals surface area contributed by atoms with Gasteiger partial charge in [-0.2, -0.15) is 0 Å². The number of rotatable bonds is 6. The van der Waals surface area contributed by atoms with Crippen LogP contribution in [0, 0.1) is 13.8 Å². The number of nitrogens with one attached hydrogen (secondary N) is 1. The van der Waals surface area contributed by atoms with E-state index < -0.39 is 10.0 Å². The quantitative estimate of drug-likeness (QED) is 0.845. The molecule has 0 spiro atoms. The van der Waals surface area contributed by atoms with Crippen LogP contribution in [0.2, 0.25) is 0 Å². The molecule has 0 unspecified atom stereocenters. The van der Waals surface area contributed by atoms with Crippen molar-refractivity contribution in [2.75, 3.05) is 32.8 Å². The zero-order valence-electron chi connectivity index (χ0n) is 15.3. The first-order chi connectivity index (χ1) is 12.5. The van der Waals surface area contributed by atoms with Crippen molar-refractivity contribution in [2.24, 2.45) is 0 Å². The second-order valence-electron chi connectivity index (χ2n) is 6.77. The number of ether oxygens (including phenoxy) is 1. The van der Waals surface area contributed by atoms with E-state index in [0.29, 0.717) is 24.7 Å². The summed E-state index contributed by atoms with van der Waals surface area (Å²) in [7, 11) is -3.62. The Balaban J connectivity index is 1.87. The average molecular weight is 375 g/mol.